The molecule has 0 aliphatic rings. The Hall–Kier alpha value is -3.30. The lowest BCUT2D eigenvalue weighted by molar-refractivity contribution is -0.159. The van der Waals surface area contributed by atoms with Crippen molar-refractivity contribution in [2.24, 2.45) is 0 Å². The van der Waals surface area contributed by atoms with Gasteiger partial charge in [0.2, 0.25) is 0 Å². The zero-order valence-corrected chi connectivity index (χ0v) is 16.1. The molecule has 0 fully saturated rings. The quantitative estimate of drug-likeness (QED) is 0.133. The van der Waals surface area contributed by atoms with Gasteiger partial charge in [0, 0.05) is 13.1 Å². The van der Waals surface area contributed by atoms with Gasteiger partial charge in [-0.25, -0.2) is 9.59 Å². The summed E-state index contributed by atoms with van der Waals surface area (Å²) in [4.78, 5) is 66.7. The van der Waals surface area contributed by atoms with E-state index in [1.54, 1.807) is 0 Å². The number of carboxylic acids is 6. The Morgan fingerprint density at radius 2 is 0.935 bits per heavy atom. The molecule has 0 spiro atoms. The summed E-state index contributed by atoms with van der Waals surface area (Å²) >= 11 is 0. The van der Waals surface area contributed by atoms with Crippen LogP contribution in [0.3, 0.4) is 0 Å². The molecule has 0 heterocycles. The van der Waals surface area contributed by atoms with Gasteiger partial charge >= 0.3 is 35.8 Å². The van der Waals surface area contributed by atoms with Crippen molar-refractivity contribution < 1.29 is 68.9 Å². The molecule has 0 saturated heterocycles. The average molecular weight is 453 g/mol. The number of rotatable bonds is 18. The van der Waals surface area contributed by atoms with Gasteiger partial charge in [-0.1, -0.05) is 0 Å². The molecule has 0 amide bonds. The molecule has 0 rings (SSSR count). The van der Waals surface area contributed by atoms with Gasteiger partial charge in [0.25, 0.3) is 0 Å². The fourth-order valence-electron chi connectivity index (χ4n) is 2.34. The van der Waals surface area contributed by atoms with Crippen LogP contribution in [0.2, 0.25) is 0 Å². The van der Waals surface area contributed by atoms with E-state index >= 15 is 0 Å². The maximum atomic E-state index is 11.4. The Morgan fingerprint density at radius 3 is 1.19 bits per heavy atom. The molecule has 0 bridgehead atoms. The molecular weight excluding hydrogens is 430 g/mol. The molecule has 6 N–H and O–H groups in total. The maximum absolute atomic E-state index is 11.4. The van der Waals surface area contributed by atoms with Crippen molar-refractivity contribution in [3.05, 3.63) is 0 Å². The van der Waals surface area contributed by atoms with Gasteiger partial charge in [-0.15, -0.1) is 0 Å². The number of ether oxygens (including phenoxy) is 2. The third-order valence-corrected chi connectivity index (χ3v) is 3.76. The molecule has 0 aromatic rings. The normalized spacial score (nSPS) is 13.8. The van der Waals surface area contributed by atoms with E-state index in [0.717, 1.165) is 4.90 Å². The second-order valence-corrected chi connectivity index (χ2v) is 6.08. The van der Waals surface area contributed by atoms with Crippen LogP contribution in [0, 0.1) is 0 Å². The van der Waals surface area contributed by atoms with E-state index in [-0.39, 0.29) is 13.1 Å². The van der Waals surface area contributed by atoms with Gasteiger partial charge in [-0.05, 0) is 0 Å². The third-order valence-electron chi connectivity index (χ3n) is 3.76. The number of carbonyl (C=O) groups is 6. The highest BCUT2D eigenvalue weighted by Crippen LogP contribution is 2.09. The first-order valence-corrected chi connectivity index (χ1v) is 8.66. The number of aliphatic carboxylic acids is 6. The van der Waals surface area contributed by atoms with Crippen LogP contribution in [-0.2, 0) is 38.2 Å². The number of hydrogen-bond donors (Lipinski definition) is 6. The number of hydrogen-bond acceptors (Lipinski definition) is 9. The minimum absolute atomic E-state index is 0.367. The second kappa shape index (κ2) is 13.8. The zero-order valence-electron chi connectivity index (χ0n) is 16.1. The summed E-state index contributed by atoms with van der Waals surface area (Å²) in [6.45, 7) is -1.72. The fourth-order valence-corrected chi connectivity index (χ4v) is 2.34. The van der Waals surface area contributed by atoms with Crippen molar-refractivity contribution in [1.29, 1.82) is 0 Å². The molecule has 0 aromatic heterocycles. The van der Waals surface area contributed by atoms with E-state index < -0.39 is 86.5 Å². The molecule has 15 heteroatoms. The fraction of sp³-hybridized carbons (Fsp3) is 0.625. The first-order valence-electron chi connectivity index (χ1n) is 8.66. The van der Waals surface area contributed by atoms with Crippen molar-refractivity contribution in [3.63, 3.8) is 0 Å². The second-order valence-electron chi connectivity index (χ2n) is 6.08. The van der Waals surface area contributed by atoms with E-state index in [4.69, 9.17) is 35.0 Å². The molecular formula is C16H23NO14. The summed E-state index contributed by atoms with van der Waals surface area (Å²) in [7, 11) is 0. The minimum atomic E-state index is -1.73. The van der Waals surface area contributed by atoms with Crippen LogP contribution < -0.4 is 0 Å². The Kier molecular flexibility index (Phi) is 12.4. The molecule has 0 aliphatic heterocycles. The molecule has 0 aliphatic carbocycles. The molecule has 15 nitrogen and oxygen atoms in total. The SMILES string of the molecule is O=C(O)C[C@H](OCCN(CCO[C@@H](CC(=O)O)C(=O)O)[C@H](CC(=O)O)C(=O)O)C(=O)O. The summed E-state index contributed by atoms with van der Waals surface area (Å²) in [6.07, 6.45) is -6.07. The van der Waals surface area contributed by atoms with Crippen molar-refractivity contribution in [2.75, 3.05) is 26.3 Å². The van der Waals surface area contributed by atoms with Gasteiger partial charge in [-0.3, -0.25) is 24.1 Å². The van der Waals surface area contributed by atoms with Crippen LogP contribution in [0.4, 0.5) is 0 Å². The topological polar surface area (TPSA) is 245 Å². The smallest absolute Gasteiger partial charge is 0.333 e. The first-order chi connectivity index (χ1) is 14.3. The van der Waals surface area contributed by atoms with Crippen LogP contribution in [0.15, 0.2) is 0 Å². The summed E-state index contributed by atoms with van der Waals surface area (Å²) in [6, 6.07) is -1.63. The summed E-state index contributed by atoms with van der Waals surface area (Å²) < 4.78 is 9.85. The molecule has 0 unspecified atom stereocenters. The minimum Gasteiger partial charge on any atom is -0.481 e. The number of nitrogens with zero attached hydrogens (tertiary/aromatic N) is 1. The van der Waals surface area contributed by atoms with Gasteiger partial charge in [-0.2, -0.15) is 0 Å². The van der Waals surface area contributed by atoms with Crippen molar-refractivity contribution >= 4 is 35.8 Å². The van der Waals surface area contributed by atoms with Crippen molar-refractivity contribution in [2.45, 2.75) is 37.5 Å². The van der Waals surface area contributed by atoms with Crippen LogP contribution in [0.5, 0.6) is 0 Å². The molecule has 0 saturated carbocycles. The lowest BCUT2D eigenvalue weighted by atomic mass is 10.1. The monoisotopic (exact) mass is 453 g/mol. The summed E-state index contributed by atoms with van der Waals surface area (Å²) in [5.41, 5.74) is 0. The van der Waals surface area contributed by atoms with E-state index in [9.17, 15) is 33.9 Å². The number of carboxylic acid groups (broad SMARTS) is 6. The molecule has 176 valence electrons. The van der Waals surface area contributed by atoms with E-state index in [2.05, 4.69) is 0 Å². The van der Waals surface area contributed by atoms with E-state index in [0.29, 0.717) is 0 Å². The highest BCUT2D eigenvalue weighted by atomic mass is 16.5. The third kappa shape index (κ3) is 12.1. The lowest BCUT2D eigenvalue weighted by Crippen LogP contribution is -2.46. The van der Waals surface area contributed by atoms with Crippen molar-refractivity contribution in [3.8, 4) is 0 Å². The molecule has 0 aromatic carbocycles. The van der Waals surface area contributed by atoms with Gasteiger partial charge in [0.15, 0.2) is 12.2 Å². The maximum Gasteiger partial charge on any atom is 0.333 e. The Bertz CT molecular complexity index is 637. The van der Waals surface area contributed by atoms with E-state index in [1.165, 1.54) is 0 Å². The molecule has 0 radical (unpaired) electrons. The summed E-state index contributed by atoms with van der Waals surface area (Å²) in [5, 5.41) is 53.4. The Labute approximate surface area is 174 Å². The first kappa shape index (κ1) is 27.7. The largest absolute Gasteiger partial charge is 0.481 e. The molecule has 3 atom stereocenters. The van der Waals surface area contributed by atoms with Gasteiger partial charge in [0.05, 0.1) is 32.5 Å². The van der Waals surface area contributed by atoms with Crippen LogP contribution in [0.1, 0.15) is 19.3 Å². The van der Waals surface area contributed by atoms with Gasteiger partial charge < -0.3 is 40.1 Å². The zero-order chi connectivity index (χ0) is 24.1. The van der Waals surface area contributed by atoms with Crippen LogP contribution in [-0.4, -0.2) is 116 Å². The molecule has 31 heavy (non-hydrogen) atoms. The predicted octanol–water partition coefficient (Wildman–Crippen LogP) is -1.89. The Morgan fingerprint density at radius 1 is 0.581 bits per heavy atom. The van der Waals surface area contributed by atoms with Crippen molar-refractivity contribution in [1.82, 2.24) is 4.90 Å². The standard InChI is InChI=1S/C16H23NO14/c18-11(19)5-8(14(24)25)17(1-3-30-9(15(26)27)6-12(20)21)2-4-31-10(16(28)29)7-13(22)23/h8-10H,1-7H2,(H,18,19)(H,20,21)(H,22,23)(H,24,25)(H,26,27)(H,28,29)/t8-,9+,10+/m1/s1. The van der Waals surface area contributed by atoms with Crippen LogP contribution >= 0.6 is 0 Å². The highest BCUT2D eigenvalue weighted by molar-refractivity contribution is 5.81. The highest BCUT2D eigenvalue weighted by Gasteiger charge is 2.30. The van der Waals surface area contributed by atoms with E-state index in [1.807, 2.05) is 0 Å². The predicted molar refractivity (Wildman–Crippen MR) is 94.5 cm³/mol. The van der Waals surface area contributed by atoms with Gasteiger partial charge in [0.1, 0.15) is 6.04 Å². The Balaban J connectivity index is 5.19. The van der Waals surface area contributed by atoms with Crippen LogP contribution in [0.25, 0.3) is 0 Å². The average Bonchev–Trinajstić information content (AvgIpc) is 2.61. The summed E-state index contributed by atoms with van der Waals surface area (Å²) in [5.74, 6) is -9.08. The lowest BCUT2D eigenvalue weighted by Gasteiger charge is -2.28.